The Hall–Kier alpha value is -2.82. The highest BCUT2D eigenvalue weighted by molar-refractivity contribution is 6.01. The van der Waals surface area contributed by atoms with E-state index < -0.39 is 0 Å². The molecule has 0 spiro atoms. The Morgan fingerprint density at radius 1 is 1.24 bits per heavy atom. The lowest BCUT2D eigenvalue weighted by atomic mass is 10.1. The summed E-state index contributed by atoms with van der Waals surface area (Å²) in [5.74, 6) is -0.141. The van der Waals surface area contributed by atoms with Crippen molar-refractivity contribution in [3.8, 4) is 5.75 Å². The molecule has 3 aromatic rings. The number of fused-ring (bicyclic) bond motifs is 2. The topological polar surface area (TPSA) is 69.2 Å². The number of aryl methyl sites for hydroxylation is 1. The van der Waals surface area contributed by atoms with Gasteiger partial charge >= 0.3 is 0 Å². The van der Waals surface area contributed by atoms with Crippen molar-refractivity contribution in [3.63, 3.8) is 0 Å². The van der Waals surface area contributed by atoms with E-state index in [1.54, 1.807) is 17.0 Å². The molecule has 5 heteroatoms. The summed E-state index contributed by atoms with van der Waals surface area (Å²) in [5, 5.41) is 18.6. The zero-order valence-corrected chi connectivity index (χ0v) is 14.2. The molecule has 4 rings (SSSR count). The van der Waals surface area contributed by atoms with E-state index in [-0.39, 0.29) is 11.7 Å². The van der Waals surface area contributed by atoms with Crippen molar-refractivity contribution >= 4 is 16.8 Å². The lowest BCUT2D eigenvalue weighted by Crippen LogP contribution is -2.25. The fourth-order valence-electron chi connectivity index (χ4n) is 3.46. The van der Waals surface area contributed by atoms with Crippen LogP contribution in [-0.4, -0.2) is 26.1 Å². The number of phenolic OH excluding ortho intramolecular Hbond substituents is 1. The molecular formula is C20H21N3O2. The van der Waals surface area contributed by atoms with E-state index in [1.807, 2.05) is 24.3 Å². The number of benzene rings is 2. The minimum atomic E-state index is -0.141. The normalized spacial score (nSPS) is 13.4. The van der Waals surface area contributed by atoms with Crippen LogP contribution in [0.2, 0.25) is 0 Å². The van der Waals surface area contributed by atoms with E-state index in [0.717, 1.165) is 35.9 Å². The van der Waals surface area contributed by atoms with E-state index >= 15 is 0 Å². The number of hydrogen-bond acceptors (Lipinski definition) is 3. The highest BCUT2D eigenvalue weighted by atomic mass is 16.3. The number of carbonyl (C=O) groups is 1. The maximum atomic E-state index is 13.0. The van der Waals surface area contributed by atoms with E-state index in [4.69, 9.17) is 0 Å². The molecule has 2 heterocycles. The molecule has 1 aliphatic rings. The maximum Gasteiger partial charge on any atom is 0.258 e. The number of aromatic nitrogens is 2. The molecular weight excluding hydrogens is 314 g/mol. The van der Waals surface area contributed by atoms with Crippen LogP contribution in [0.25, 0.3) is 10.9 Å². The minimum Gasteiger partial charge on any atom is -0.507 e. The van der Waals surface area contributed by atoms with Gasteiger partial charge in [-0.1, -0.05) is 37.6 Å². The van der Waals surface area contributed by atoms with E-state index in [0.29, 0.717) is 18.7 Å². The van der Waals surface area contributed by atoms with Gasteiger partial charge in [0.25, 0.3) is 5.91 Å². The number of carbonyl (C=O) groups excluding carboxylic acids is 1. The number of rotatable bonds is 4. The first kappa shape index (κ1) is 15.7. The van der Waals surface area contributed by atoms with Crippen molar-refractivity contribution in [2.45, 2.75) is 39.3 Å². The predicted octanol–water partition coefficient (Wildman–Crippen LogP) is 3.77. The molecule has 1 aromatic heterocycles. The number of H-pyrrole nitrogens is 1. The number of nitrogens with zero attached hydrogens (tertiary/aromatic N) is 2. The molecule has 0 unspecified atom stereocenters. The summed E-state index contributed by atoms with van der Waals surface area (Å²) in [4.78, 5) is 14.7. The van der Waals surface area contributed by atoms with Crippen LogP contribution >= 0.6 is 0 Å². The summed E-state index contributed by atoms with van der Waals surface area (Å²) in [6, 6.07) is 11.5. The molecule has 0 bridgehead atoms. The van der Waals surface area contributed by atoms with Crippen LogP contribution in [0.3, 0.4) is 0 Å². The number of nitrogens with one attached hydrogen (secondary N) is 1. The molecule has 0 saturated carbocycles. The van der Waals surface area contributed by atoms with Crippen LogP contribution in [0, 0.1) is 0 Å². The van der Waals surface area contributed by atoms with E-state index in [2.05, 4.69) is 17.1 Å². The van der Waals surface area contributed by atoms with Gasteiger partial charge in [-0.3, -0.25) is 9.89 Å². The molecule has 5 nitrogen and oxygen atoms in total. The van der Waals surface area contributed by atoms with Gasteiger partial charge in [-0.15, -0.1) is 0 Å². The van der Waals surface area contributed by atoms with Gasteiger partial charge in [-0.05, 0) is 30.0 Å². The fourth-order valence-corrected chi connectivity index (χ4v) is 3.46. The summed E-state index contributed by atoms with van der Waals surface area (Å²) < 4.78 is 0. The Balaban J connectivity index is 1.66. The van der Waals surface area contributed by atoms with Gasteiger partial charge < -0.3 is 10.0 Å². The van der Waals surface area contributed by atoms with E-state index in [9.17, 15) is 9.90 Å². The van der Waals surface area contributed by atoms with E-state index in [1.165, 1.54) is 11.1 Å². The van der Waals surface area contributed by atoms with Gasteiger partial charge in [0.1, 0.15) is 5.75 Å². The molecule has 2 N–H and O–H groups in total. The Bertz CT molecular complexity index is 920. The van der Waals surface area contributed by atoms with Gasteiger partial charge in [-0.25, -0.2) is 0 Å². The van der Waals surface area contributed by atoms with Crippen LogP contribution in [0.4, 0.5) is 0 Å². The van der Waals surface area contributed by atoms with Gasteiger partial charge in [0, 0.05) is 24.5 Å². The monoisotopic (exact) mass is 335 g/mol. The average Bonchev–Trinajstić information content (AvgIpc) is 3.22. The molecule has 0 radical (unpaired) electrons. The Kier molecular flexibility index (Phi) is 3.92. The van der Waals surface area contributed by atoms with Crippen molar-refractivity contribution < 1.29 is 9.90 Å². The maximum absolute atomic E-state index is 13.0. The Morgan fingerprint density at radius 2 is 1.96 bits per heavy atom. The number of phenols is 1. The first-order valence-corrected chi connectivity index (χ1v) is 8.73. The molecule has 0 aliphatic carbocycles. The van der Waals surface area contributed by atoms with Gasteiger partial charge in [-0.2, -0.15) is 5.10 Å². The number of aromatic hydroxyl groups is 1. The Morgan fingerprint density at radius 3 is 2.64 bits per heavy atom. The van der Waals surface area contributed by atoms with Gasteiger partial charge in [0.05, 0.1) is 16.8 Å². The van der Waals surface area contributed by atoms with Gasteiger partial charge in [0.15, 0.2) is 0 Å². The lowest BCUT2D eigenvalue weighted by molar-refractivity contribution is 0.0748. The SMILES string of the molecule is CCCCc1n[nH]c2cc(O)c(C(=O)N3Cc4ccccc4C3)cc12. The summed E-state index contributed by atoms with van der Waals surface area (Å²) in [6.07, 6.45) is 3.00. The van der Waals surface area contributed by atoms with Gasteiger partial charge in [0.2, 0.25) is 0 Å². The molecule has 0 saturated heterocycles. The number of unbranched alkanes of at least 4 members (excludes halogenated alkanes) is 1. The highest BCUT2D eigenvalue weighted by Crippen LogP contribution is 2.30. The molecule has 0 atom stereocenters. The number of hydrogen-bond donors (Lipinski definition) is 2. The third kappa shape index (κ3) is 2.76. The minimum absolute atomic E-state index is 0.000789. The number of amides is 1. The molecule has 1 amide bonds. The standard InChI is InChI=1S/C20H21N3O2/c1-2-3-8-17-15-9-16(19(24)10-18(15)22-21-17)20(25)23-11-13-6-4-5-7-14(13)12-23/h4-7,9-10,24H,2-3,8,11-12H2,1H3,(H,21,22). The van der Waals surface area contributed by atoms with Crippen LogP contribution < -0.4 is 0 Å². The molecule has 1 aliphatic heterocycles. The third-order valence-corrected chi connectivity index (χ3v) is 4.88. The van der Waals surface area contributed by atoms with Crippen molar-refractivity contribution in [2.24, 2.45) is 0 Å². The summed E-state index contributed by atoms with van der Waals surface area (Å²) in [6.45, 7) is 3.31. The Labute approximate surface area is 146 Å². The van der Waals surface area contributed by atoms with Crippen molar-refractivity contribution in [3.05, 3.63) is 58.8 Å². The van der Waals surface area contributed by atoms with Crippen molar-refractivity contribution in [2.75, 3.05) is 0 Å². The quantitative estimate of drug-likeness (QED) is 0.762. The second kappa shape index (κ2) is 6.24. The lowest BCUT2D eigenvalue weighted by Gasteiger charge is -2.16. The smallest absolute Gasteiger partial charge is 0.258 e. The summed E-state index contributed by atoms with van der Waals surface area (Å²) in [5.41, 5.74) is 4.41. The largest absolute Gasteiger partial charge is 0.507 e. The summed E-state index contributed by atoms with van der Waals surface area (Å²) >= 11 is 0. The van der Waals surface area contributed by atoms with Crippen LogP contribution in [0.5, 0.6) is 5.75 Å². The number of aromatic amines is 1. The van der Waals surface area contributed by atoms with Crippen LogP contribution in [0.1, 0.15) is 46.9 Å². The molecule has 25 heavy (non-hydrogen) atoms. The highest BCUT2D eigenvalue weighted by Gasteiger charge is 2.26. The molecule has 128 valence electrons. The van der Waals surface area contributed by atoms with Crippen molar-refractivity contribution in [1.82, 2.24) is 15.1 Å². The van der Waals surface area contributed by atoms with Crippen LogP contribution in [-0.2, 0) is 19.5 Å². The second-order valence-electron chi connectivity index (χ2n) is 6.62. The van der Waals surface area contributed by atoms with Crippen LogP contribution in [0.15, 0.2) is 36.4 Å². The zero-order valence-electron chi connectivity index (χ0n) is 14.2. The predicted molar refractivity (Wildman–Crippen MR) is 96.4 cm³/mol. The fraction of sp³-hybridized carbons (Fsp3) is 0.300. The zero-order chi connectivity index (χ0) is 17.4. The first-order valence-electron chi connectivity index (χ1n) is 8.73. The molecule has 0 fully saturated rings. The average molecular weight is 335 g/mol. The molecule has 2 aromatic carbocycles. The first-order chi connectivity index (χ1) is 12.2. The second-order valence-corrected chi connectivity index (χ2v) is 6.62. The third-order valence-electron chi connectivity index (χ3n) is 4.88. The van der Waals surface area contributed by atoms with Crippen molar-refractivity contribution in [1.29, 1.82) is 0 Å². The summed E-state index contributed by atoms with van der Waals surface area (Å²) in [7, 11) is 0.